The van der Waals surface area contributed by atoms with Crippen LogP contribution in [0.25, 0.3) is 0 Å². The molecule has 0 saturated heterocycles. The summed E-state index contributed by atoms with van der Waals surface area (Å²) in [5, 5.41) is 3.66. The highest BCUT2D eigenvalue weighted by molar-refractivity contribution is 7.99. The van der Waals surface area contributed by atoms with Gasteiger partial charge in [-0.05, 0) is 50.5 Å². The molecule has 1 atom stereocenters. The topological polar surface area (TPSA) is 49.4 Å². The zero-order valence-electron chi connectivity index (χ0n) is 18.2. The minimum Gasteiger partial charge on any atom is -0.352 e. The Balaban J connectivity index is 2.11. The van der Waals surface area contributed by atoms with Crippen LogP contribution in [0.4, 0.5) is 0 Å². The molecule has 0 saturated carbocycles. The summed E-state index contributed by atoms with van der Waals surface area (Å²) in [7, 11) is 0. The molecule has 2 amide bonds. The van der Waals surface area contributed by atoms with Crippen LogP contribution in [0, 0.1) is 6.92 Å². The summed E-state index contributed by atoms with van der Waals surface area (Å²) < 4.78 is 0. The van der Waals surface area contributed by atoms with Gasteiger partial charge in [0.25, 0.3) is 0 Å². The molecule has 0 spiro atoms. The van der Waals surface area contributed by atoms with Crippen molar-refractivity contribution < 1.29 is 9.59 Å². The number of carbonyl (C=O) groups is 2. The molecule has 6 heteroatoms. The van der Waals surface area contributed by atoms with Gasteiger partial charge in [-0.1, -0.05) is 60.5 Å². The number of halogens is 1. The second-order valence-corrected chi connectivity index (χ2v) is 9.14. The summed E-state index contributed by atoms with van der Waals surface area (Å²) in [5.41, 5.74) is 3.30. The van der Waals surface area contributed by atoms with Crippen molar-refractivity contribution in [1.82, 2.24) is 10.2 Å². The minimum absolute atomic E-state index is 0.0275. The Bertz CT molecular complexity index is 822. The first-order valence-corrected chi connectivity index (χ1v) is 11.8. The maximum absolute atomic E-state index is 13.2. The third-order valence-corrected chi connectivity index (χ3v) is 5.94. The molecule has 2 aromatic carbocycles. The van der Waals surface area contributed by atoms with Gasteiger partial charge in [-0.2, -0.15) is 0 Å². The van der Waals surface area contributed by atoms with Crippen molar-refractivity contribution in [3.63, 3.8) is 0 Å². The fourth-order valence-electron chi connectivity index (χ4n) is 3.11. The predicted molar refractivity (Wildman–Crippen MR) is 127 cm³/mol. The SMILES string of the molecule is CCC(C(=O)NC(C)C)N(Cc1ccc(C)cc1)C(=O)CSCc1ccc(Cl)cc1. The summed E-state index contributed by atoms with van der Waals surface area (Å²) in [5.74, 6) is 0.909. The van der Waals surface area contributed by atoms with Crippen LogP contribution in [-0.2, 0) is 21.9 Å². The zero-order chi connectivity index (χ0) is 22.1. The Labute approximate surface area is 189 Å². The third-order valence-electron chi connectivity index (χ3n) is 4.70. The molecule has 162 valence electrons. The van der Waals surface area contributed by atoms with Gasteiger partial charge in [0.05, 0.1) is 5.75 Å². The van der Waals surface area contributed by atoms with Gasteiger partial charge < -0.3 is 10.2 Å². The quantitative estimate of drug-likeness (QED) is 0.544. The maximum Gasteiger partial charge on any atom is 0.243 e. The van der Waals surface area contributed by atoms with Crippen LogP contribution in [-0.4, -0.2) is 34.6 Å². The highest BCUT2D eigenvalue weighted by Crippen LogP contribution is 2.19. The molecule has 2 rings (SSSR count). The molecular weight excluding hydrogens is 416 g/mol. The number of rotatable bonds is 10. The Kier molecular flexibility index (Phi) is 9.73. The average molecular weight is 447 g/mol. The van der Waals surface area contributed by atoms with Crippen molar-refractivity contribution in [2.75, 3.05) is 5.75 Å². The molecule has 0 aromatic heterocycles. The van der Waals surface area contributed by atoms with E-state index in [1.54, 1.807) is 16.7 Å². The van der Waals surface area contributed by atoms with Crippen LogP contribution in [0.2, 0.25) is 5.02 Å². The van der Waals surface area contributed by atoms with Gasteiger partial charge >= 0.3 is 0 Å². The van der Waals surface area contributed by atoms with E-state index in [4.69, 9.17) is 11.6 Å². The molecule has 2 aromatic rings. The summed E-state index contributed by atoms with van der Waals surface area (Å²) >= 11 is 7.48. The van der Waals surface area contributed by atoms with E-state index in [1.807, 2.05) is 76.2 Å². The van der Waals surface area contributed by atoms with Crippen molar-refractivity contribution in [2.24, 2.45) is 0 Å². The van der Waals surface area contributed by atoms with Gasteiger partial charge in [-0.3, -0.25) is 9.59 Å². The maximum atomic E-state index is 13.2. The highest BCUT2D eigenvalue weighted by atomic mass is 35.5. The number of thioether (sulfide) groups is 1. The van der Waals surface area contributed by atoms with Crippen molar-refractivity contribution in [2.45, 2.75) is 58.5 Å². The van der Waals surface area contributed by atoms with E-state index in [1.165, 1.54) is 5.56 Å². The fourth-order valence-corrected chi connectivity index (χ4v) is 4.11. The van der Waals surface area contributed by atoms with E-state index in [0.29, 0.717) is 23.7 Å². The monoisotopic (exact) mass is 446 g/mol. The molecule has 0 radical (unpaired) electrons. The van der Waals surface area contributed by atoms with E-state index in [-0.39, 0.29) is 17.9 Å². The molecule has 0 aliphatic carbocycles. The lowest BCUT2D eigenvalue weighted by molar-refractivity contribution is -0.139. The number of hydrogen-bond acceptors (Lipinski definition) is 3. The lowest BCUT2D eigenvalue weighted by Crippen LogP contribution is -2.50. The Hall–Kier alpha value is -1.98. The third kappa shape index (κ3) is 7.69. The number of nitrogens with zero attached hydrogens (tertiary/aromatic N) is 1. The summed E-state index contributed by atoms with van der Waals surface area (Å²) in [6.45, 7) is 8.26. The summed E-state index contributed by atoms with van der Waals surface area (Å²) in [6, 6.07) is 15.3. The zero-order valence-corrected chi connectivity index (χ0v) is 19.7. The van der Waals surface area contributed by atoms with Gasteiger partial charge in [-0.15, -0.1) is 11.8 Å². The van der Waals surface area contributed by atoms with Gasteiger partial charge in [0, 0.05) is 23.4 Å². The van der Waals surface area contributed by atoms with E-state index < -0.39 is 6.04 Å². The number of benzene rings is 2. The van der Waals surface area contributed by atoms with Gasteiger partial charge in [0.2, 0.25) is 11.8 Å². The Morgan fingerprint density at radius 1 is 1.03 bits per heavy atom. The average Bonchev–Trinajstić information content (AvgIpc) is 2.70. The van der Waals surface area contributed by atoms with Crippen LogP contribution in [0.5, 0.6) is 0 Å². The molecule has 30 heavy (non-hydrogen) atoms. The number of nitrogens with one attached hydrogen (secondary N) is 1. The number of carbonyl (C=O) groups excluding carboxylic acids is 2. The number of hydrogen-bond donors (Lipinski definition) is 1. The number of amides is 2. The van der Waals surface area contributed by atoms with Gasteiger partial charge in [0.1, 0.15) is 6.04 Å². The summed E-state index contributed by atoms with van der Waals surface area (Å²) in [4.78, 5) is 27.7. The van der Waals surface area contributed by atoms with Crippen molar-refractivity contribution >= 4 is 35.2 Å². The van der Waals surface area contributed by atoms with Crippen LogP contribution in [0.15, 0.2) is 48.5 Å². The van der Waals surface area contributed by atoms with Crippen LogP contribution < -0.4 is 5.32 Å². The predicted octanol–water partition coefficient (Wildman–Crippen LogP) is 5.21. The molecule has 0 heterocycles. The normalized spacial score (nSPS) is 11.9. The molecular formula is C24H31ClN2O2S. The van der Waals surface area contributed by atoms with E-state index in [2.05, 4.69) is 5.32 Å². The van der Waals surface area contributed by atoms with Crippen LogP contribution in [0.1, 0.15) is 43.9 Å². The molecule has 1 N–H and O–H groups in total. The largest absolute Gasteiger partial charge is 0.352 e. The Morgan fingerprint density at radius 3 is 2.20 bits per heavy atom. The first-order valence-electron chi connectivity index (χ1n) is 10.3. The lowest BCUT2D eigenvalue weighted by Gasteiger charge is -2.31. The highest BCUT2D eigenvalue weighted by Gasteiger charge is 2.28. The van der Waals surface area contributed by atoms with Crippen LogP contribution in [0.3, 0.4) is 0 Å². The molecule has 0 aliphatic rings. The van der Waals surface area contributed by atoms with E-state index >= 15 is 0 Å². The van der Waals surface area contributed by atoms with Crippen molar-refractivity contribution in [3.05, 3.63) is 70.2 Å². The van der Waals surface area contributed by atoms with E-state index in [0.717, 1.165) is 16.9 Å². The first kappa shape index (κ1) is 24.3. The number of aryl methyl sites for hydroxylation is 1. The van der Waals surface area contributed by atoms with Crippen molar-refractivity contribution in [3.8, 4) is 0 Å². The smallest absolute Gasteiger partial charge is 0.243 e. The molecule has 1 unspecified atom stereocenters. The first-order chi connectivity index (χ1) is 14.3. The molecule has 0 bridgehead atoms. The minimum atomic E-state index is -0.489. The second-order valence-electron chi connectivity index (χ2n) is 7.71. The standard InChI is InChI=1S/C24H31ClN2O2S/c1-5-22(24(29)26-17(2)3)27(14-19-8-6-18(4)7-9-19)23(28)16-30-15-20-10-12-21(25)13-11-20/h6-13,17,22H,5,14-16H2,1-4H3,(H,26,29). The summed E-state index contributed by atoms with van der Waals surface area (Å²) in [6.07, 6.45) is 0.567. The molecule has 4 nitrogen and oxygen atoms in total. The van der Waals surface area contributed by atoms with Crippen LogP contribution >= 0.6 is 23.4 Å². The molecule has 0 aliphatic heterocycles. The van der Waals surface area contributed by atoms with Gasteiger partial charge in [0.15, 0.2) is 0 Å². The van der Waals surface area contributed by atoms with Gasteiger partial charge in [-0.25, -0.2) is 0 Å². The lowest BCUT2D eigenvalue weighted by atomic mass is 10.1. The molecule has 0 fully saturated rings. The van der Waals surface area contributed by atoms with E-state index in [9.17, 15) is 9.59 Å². The second kappa shape index (κ2) is 12.0. The fraction of sp³-hybridized carbons (Fsp3) is 0.417. The Morgan fingerprint density at radius 2 is 1.63 bits per heavy atom. The van der Waals surface area contributed by atoms with Crippen molar-refractivity contribution in [1.29, 1.82) is 0 Å².